The Labute approximate surface area is 117 Å². The van der Waals surface area contributed by atoms with Crippen LogP contribution in [0, 0.1) is 0 Å². The van der Waals surface area contributed by atoms with Gasteiger partial charge in [0.05, 0.1) is 5.60 Å². The van der Waals surface area contributed by atoms with Gasteiger partial charge in [0.25, 0.3) is 11.8 Å². The molecule has 0 heterocycles. The van der Waals surface area contributed by atoms with E-state index in [1.807, 2.05) is 6.92 Å². The second kappa shape index (κ2) is 6.91. The minimum absolute atomic E-state index is 0.183. The van der Waals surface area contributed by atoms with Crippen molar-refractivity contribution >= 4 is 11.8 Å². The maximum absolute atomic E-state index is 11.8. The summed E-state index contributed by atoms with van der Waals surface area (Å²) in [7, 11) is 0. The number of nitrogens with two attached hydrogens (primary N) is 1. The number of hydrogen-bond donors (Lipinski definition) is 3. The molecule has 110 valence electrons. The molecule has 1 rings (SSSR count). The van der Waals surface area contributed by atoms with Crippen LogP contribution >= 0.6 is 0 Å². The van der Waals surface area contributed by atoms with E-state index in [4.69, 9.17) is 10.5 Å². The zero-order valence-corrected chi connectivity index (χ0v) is 11.7. The molecule has 0 aromatic heterocycles. The largest absolute Gasteiger partial charge is 0.484 e. The van der Waals surface area contributed by atoms with Crippen molar-refractivity contribution in [2.75, 3.05) is 13.2 Å². The molecule has 0 aliphatic rings. The zero-order chi connectivity index (χ0) is 15.2. The molecule has 0 bridgehead atoms. The number of hydrogen-bond acceptors (Lipinski definition) is 4. The molecule has 0 radical (unpaired) electrons. The minimum atomic E-state index is -0.916. The van der Waals surface area contributed by atoms with Crippen molar-refractivity contribution in [1.82, 2.24) is 5.32 Å². The number of rotatable bonds is 7. The predicted octanol–water partition coefficient (Wildman–Crippen LogP) is 0.442. The van der Waals surface area contributed by atoms with Gasteiger partial charge >= 0.3 is 0 Å². The number of aliphatic hydroxyl groups is 1. The van der Waals surface area contributed by atoms with Crippen LogP contribution in [0.1, 0.15) is 30.6 Å². The van der Waals surface area contributed by atoms with E-state index in [0.717, 1.165) is 0 Å². The van der Waals surface area contributed by atoms with E-state index in [2.05, 4.69) is 5.32 Å². The fourth-order valence-electron chi connectivity index (χ4n) is 1.35. The highest BCUT2D eigenvalue weighted by Crippen LogP contribution is 2.12. The smallest absolute Gasteiger partial charge is 0.255 e. The first-order chi connectivity index (χ1) is 9.34. The van der Waals surface area contributed by atoms with Gasteiger partial charge in [-0.15, -0.1) is 0 Å². The Hall–Kier alpha value is -2.08. The van der Waals surface area contributed by atoms with Crippen LogP contribution in [0.2, 0.25) is 0 Å². The molecule has 1 atom stereocenters. The summed E-state index contributed by atoms with van der Waals surface area (Å²) in [5.41, 5.74) is 4.49. The summed E-state index contributed by atoms with van der Waals surface area (Å²) < 4.78 is 5.09. The van der Waals surface area contributed by atoms with Crippen molar-refractivity contribution < 1.29 is 19.4 Å². The minimum Gasteiger partial charge on any atom is -0.484 e. The average Bonchev–Trinajstić information content (AvgIpc) is 2.43. The molecule has 1 aromatic rings. The standard InChI is InChI=1S/C14H20N2O4/c1-3-14(2,19)9-16-13(18)10-4-6-11(7-5-10)20-8-12(15)17/h4-7,19H,3,8-9H2,1-2H3,(H2,15,17)(H,16,18). The van der Waals surface area contributed by atoms with Gasteiger partial charge in [-0.1, -0.05) is 6.92 Å². The van der Waals surface area contributed by atoms with Gasteiger partial charge < -0.3 is 20.9 Å². The van der Waals surface area contributed by atoms with Crippen LogP contribution in [-0.2, 0) is 4.79 Å². The van der Waals surface area contributed by atoms with Crippen LogP contribution in [0.4, 0.5) is 0 Å². The maximum Gasteiger partial charge on any atom is 0.255 e. The van der Waals surface area contributed by atoms with E-state index >= 15 is 0 Å². The highest BCUT2D eigenvalue weighted by molar-refractivity contribution is 5.94. The second-order valence-corrected chi connectivity index (χ2v) is 4.81. The van der Waals surface area contributed by atoms with E-state index in [-0.39, 0.29) is 19.1 Å². The van der Waals surface area contributed by atoms with Gasteiger partial charge in [0.15, 0.2) is 6.61 Å². The molecule has 0 fully saturated rings. The first-order valence-corrected chi connectivity index (χ1v) is 6.36. The number of carbonyl (C=O) groups is 2. The van der Waals surface area contributed by atoms with Crippen molar-refractivity contribution in [3.63, 3.8) is 0 Å². The van der Waals surface area contributed by atoms with E-state index < -0.39 is 11.5 Å². The molecule has 6 nitrogen and oxygen atoms in total. The van der Waals surface area contributed by atoms with Crippen LogP contribution < -0.4 is 15.8 Å². The number of amides is 2. The van der Waals surface area contributed by atoms with Crippen LogP contribution in [0.3, 0.4) is 0 Å². The topological polar surface area (TPSA) is 102 Å². The van der Waals surface area contributed by atoms with E-state index in [1.165, 1.54) is 0 Å². The van der Waals surface area contributed by atoms with Gasteiger partial charge in [-0.25, -0.2) is 0 Å². The molecule has 0 saturated carbocycles. The van der Waals surface area contributed by atoms with Crippen LogP contribution in [0.25, 0.3) is 0 Å². The average molecular weight is 280 g/mol. The van der Waals surface area contributed by atoms with E-state index in [9.17, 15) is 14.7 Å². The predicted molar refractivity (Wildman–Crippen MR) is 74.4 cm³/mol. The number of carbonyl (C=O) groups excluding carboxylic acids is 2. The zero-order valence-electron chi connectivity index (χ0n) is 11.7. The lowest BCUT2D eigenvalue weighted by Gasteiger charge is -2.21. The van der Waals surface area contributed by atoms with Crippen molar-refractivity contribution in [2.45, 2.75) is 25.9 Å². The number of nitrogens with one attached hydrogen (secondary N) is 1. The number of benzene rings is 1. The van der Waals surface area contributed by atoms with Gasteiger partial charge in [-0.2, -0.15) is 0 Å². The molecule has 20 heavy (non-hydrogen) atoms. The summed E-state index contributed by atoms with van der Waals surface area (Å²) in [6, 6.07) is 6.31. The number of primary amides is 1. The molecular formula is C14H20N2O4. The third kappa shape index (κ3) is 5.27. The van der Waals surface area contributed by atoms with Gasteiger partial charge in [-0.05, 0) is 37.6 Å². The summed E-state index contributed by atoms with van der Waals surface area (Å²) in [5, 5.41) is 12.5. The lowest BCUT2D eigenvalue weighted by atomic mass is 10.0. The SMILES string of the molecule is CCC(C)(O)CNC(=O)c1ccc(OCC(N)=O)cc1. The molecule has 1 unspecified atom stereocenters. The Kier molecular flexibility index (Phi) is 5.52. The summed E-state index contributed by atoms with van der Waals surface area (Å²) in [6.45, 7) is 3.48. The first-order valence-electron chi connectivity index (χ1n) is 6.36. The Morgan fingerprint density at radius 2 is 1.95 bits per heavy atom. The first kappa shape index (κ1) is 16.0. The van der Waals surface area contributed by atoms with Crippen molar-refractivity contribution in [3.8, 4) is 5.75 Å². The maximum atomic E-state index is 11.8. The third-order valence-electron chi connectivity index (χ3n) is 2.89. The molecule has 0 spiro atoms. The summed E-state index contributed by atoms with van der Waals surface area (Å²) >= 11 is 0. The van der Waals surface area contributed by atoms with Crippen LogP contribution in [0.15, 0.2) is 24.3 Å². The fraction of sp³-hybridized carbons (Fsp3) is 0.429. The summed E-state index contributed by atoms with van der Waals surface area (Å²) in [5.74, 6) is -0.380. The highest BCUT2D eigenvalue weighted by atomic mass is 16.5. The monoisotopic (exact) mass is 280 g/mol. The normalized spacial score (nSPS) is 13.3. The Morgan fingerprint density at radius 1 is 1.35 bits per heavy atom. The summed E-state index contributed by atoms with van der Waals surface area (Å²) in [6.07, 6.45) is 0.549. The van der Waals surface area contributed by atoms with Crippen molar-refractivity contribution in [1.29, 1.82) is 0 Å². The molecule has 0 aliphatic heterocycles. The Balaban J connectivity index is 2.55. The highest BCUT2D eigenvalue weighted by Gasteiger charge is 2.18. The van der Waals surface area contributed by atoms with E-state index in [0.29, 0.717) is 17.7 Å². The quantitative estimate of drug-likeness (QED) is 0.674. The van der Waals surface area contributed by atoms with E-state index in [1.54, 1.807) is 31.2 Å². The van der Waals surface area contributed by atoms with Gasteiger partial charge in [0.2, 0.25) is 0 Å². The Morgan fingerprint density at radius 3 is 2.45 bits per heavy atom. The Bertz CT molecular complexity index is 469. The van der Waals surface area contributed by atoms with Gasteiger partial charge in [0, 0.05) is 12.1 Å². The third-order valence-corrected chi connectivity index (χ3v) is 2.89. The molecule has 2 amide bonds. The van der Waals surface area contributed by atoms with Crippen molar-refractivity contribution in [3.05, 3.63) is 29.8 Å². The van der Waals surface area contributed by atoms with Gasteiger partial charge in [-0.3, -0.25) is 9.59 Å². The van der Waals surface area contributed by atoms with Crippen LogP contribution in [0.5, 0.6) is 5.75 Å². The van der Waals surface area contributed by atoms with Crippen molar-refractivity contribution in [2.24, 2.45) is 5.73 Å². The molecular weight excluding hydrogens is 260 g/mol. The summed E-state index contributed by atoms with van der Waals surface area (Å²) in [4.78, 5) is 22.4. The molecule has 6 heteroatoms. The fourth-order valence-corrected chi connectivity index (χ4v) is 1.35. The molecule has 0 saturated heterocycles. The van der Waals surface area contributed by atoms with Gasteiger partial charge in [0.1, 0.15) is 5.75 Å². The lowest BCUT2D eigenvalue weighted by Crippen LogP contribution is -2.40. The molecule has 0 aliphatic carbocycles. The molecule has 4 N–H and O–H groups in total. The van der Waals surface area contributed by atoms with Crippen LogP contribution in [-0.4, -0.2) is 35.7 Å². The lowest BCUT2D eigenvalue weighted by molar-refractivity contribution is -0.119. The second-order valence-electron chi connectivity index (χ2n) is 4.81. The number of ether oxygens (including phenoxy) is 1. The molecule has 1 aromatic carbocycles.